The van der Waals surface area contributed by atoms with Crippen LogP contribution < -0.4 is 14.2 Å². The fourth-order valence-electron chi connectivity index (χ4n) is 3.79. The number of hydrogen-bond acceptors (Lipinski definition) is 4. The van der Waals surface area contributed by atoms with Crippen molar-refractivity contribution in [2.24, 2.45) is 0 Å². The molecule has 36 heavy (non-hydrogen) atoms. The van der Waals surface area contributed by atoms with Crippen LogP contribution in [0.4, 0.5) is 13.2 Å². The van der Waals surface area contributed by atoms with E-state index < -0.39 is 17.7 Å². The van der Waals surface area contributed by atoms with Gasteiger partial charge in [-0.1, -0.05) is 24.3 Å². The van der Waals surface area contributed by atoms with E-state index in [2.05, 4.69) is 0 Å². The number of carboxylic acid groups (broad SMARTS) is 1. The van der Waals surface area contributed by atoms with Gasteiger partial charge in [-0.25, -0.2) is 0 Å². The van der Waals surface area contributed by atoms with Crippen LogP contribution in [0.2, 0.25) is 0 Å². The van der Waals surface area contributed by atoms with Crippen molar-refractivity contribution >= 4 is 5.97 Å². The van der Waals surface area contributed by atoms with Crippen LogP contribution in [-0.2, 0) is 17.4 Å². The quantitative estimate of drug-likeness (QED) is 0.308. The fourth-order valence-corrected chi connectivity index (χ4v) is 3.79. The molecule has 0 bridgehead atoms. The highest BCUT2D eigenvalue weighted by atomic mass is 19.4. The SMILES string of the molecule is COc1ccccc1-c1cc(C(F)(F)F)ccc1O[C@@H](C)CCOc1ccc(CCC(=O)O)c(C)c1. The Bertz CT molecular complexity index is 1190. The summed E-state index contributed by atoms with van der Waals surface area (Å²) in [5.41, 5.74) is 1.93. The lowest BCUT2D eigenvalue weighted by molar-refractivity contribution is -0.138. The molecule has 1 atom stereocenters. The van der Waals surface area contributed by atoms with E-state index in [4.69, 9.17) is 19.3 Å². The minimum atomic E-state index is -4.49. The number of methoxy groups -OCH3 is 1. The summed E-state index contributed by atoms with van der Waals surface area (Å²) < 4.78 is 57.4. The summed E-state index contributed by atoms with van der Waals surface area (Å²) in [6.45, 7) is 4.06. The zero-order chi connectivity index (χ0) is 26.3. The number of para-hydroxylation sites is 1. The molecule has 3 aromatic rings. The summed E-state index contributed by atoms with van der Waals surface area (Å²) in [6, 6.07) is 15.8. The second-order valence-corrected chi connectivity index (χ2v) is 8.46. The van der Waals surface area contributed by atoms with Crippen LogP contribution in [0.3, 0.4) is 0 Å². The molecule has 0 saturated heterocycles. The normalized spacial score (nSPS) is 12.2. The largest absolute Gasteiger partial charge is 0.496 e. The summed E-state index contributed by atoms with van der Waals surface area (Å²) in [6.07, 6.45) is -3.82. The van der Waals surface area contributed by atoms with Crippen LogP contribution in [0, 0.1) is 6.92 Å². The smallest absolute Gasteiger partial charge is 0.416 e. The first kappa shape index (κ1) is 26.9. The molecule has 0 aromatic heterocycles. The first-order chi connectivity index (χ1) is 17.1. The molecule has 0 aliphatic carbocycles. The van der Waals surface area contributed by atoms with Crippen molar-refractivity contribution < 1.29 is 37.3 Å². The second kappa shape index (κ2) is 11.8. The Balaban J connectivity index is 1.69. The van der Waals surface area contributed by atoms with Gasteiger partial charge in [0.2, 0.25) is 0 Å². The molecule has 8 heteroatoms. The fraction of sp³-hybridized carbons (Fsp3) is 0.321. The number of alkyl halides is 3. The Morgan fingerprint density at radius 1 is 1.00 bits per heavy atom. The van der Waals surface area contributed by atoms with Crippen molar-refractivity contribution in [1.29, 1.82) is 0 Å². The second-order valence-electron chi connectivity index (χ2n) is 8.46. The lowest BCUT2D eigenvalue weighted by Crippen LogP contribution is -2.16. The van der Waals surface area contributed by atoms with Gasteiger partial charge in [0.25, 0.3) is 0 Å². The molecule has 192 valence electrons. The Morgan fingerprint density at radius 2 is 1.75 bits per heavy atom. The van der Waals surface area contributed by atoms with Gasteiger partial charge in [0.1, 0.15) is 17.2 Å². The van der Waals surface area contributed by atoms with Crippen LogP contribution in [0.25, 0.3) is 11.1 Å². The maximum atomic E-state index is 13.4. The van der Waals surface area contributed by atoms with E-state index in [1.54, 1.807) is 30.3 Å². The van der Waals surface area contributed by atoms with Gasteiger partial charge in [-0.3, -0.25) is 4.79 Å². The molecule has 0 heterocycles. The van der Waals surface area contributed by atoms with E-state index in [0.717, 1.165) is 23.3 Å². The molecule has 0 radical (unpaired) electrons. The number of rotatable bonds is 11. The highest BCUT2D eigenvalue weighted by Gasteiger charge is 2.31. The molecule has 3 aromatic carbocycles. The van der Waals surface area contributed by atoms with Crippen LogP contribution in [0.15, 0.2) is 60.7 Å². The van der Waals surface area contributed by atoms with Crippen LogP contribution in [0.5, 0.6) is 17.2 Å². The number of aliphatic carboxylic acids is 1. The third-order valence-corrected chi connectivity index (χ3v) is 5.75. The van der Waals surface area contributed by atoms with Crippen molar-refractivity contribution in [3.05, 3.63) is 77.4 Å². The minimum absolute atomic E-state index is 0.0662. The Labute approximate surface area is 208 Å². The lowest BCUT2D eigenvalue weighted by Gasteiger charge is -2.20. The third kappa shape index (κ3) is 7.16. The summed E-state index contributed by atoms with van der Waals surface area (Å²) in [7, 11) is 1.47. The number of ether oxygens (including phenoxy) is 3. The number of carboxylic acids is 1. The number of halogens is 3. The van der Waals surface area contributed by atoms with E-state index >= 15 is 0 Å². The van der Waals surface area contributed by atoms with Gasteiger partial charge in [0, 0.05) is 24.0 Å². The molecule has 0 aliphatic heterocycles. The number of aryl methyl sites for hydroxylation is 2. The van der Waals surface area contributed by atoms with Crippen molar-refractivity contribution in [3.63, 3.8) is 0 Å². The average molecular weight is 503 g/mol. The van der Waals surface area contributed by atoms with Crippen LogP contribution in [-0.4, -0.2) is 30.9 Å². The molecule has 1 N–H and O–H groups in total. The predicted molar refractivity (Wildman–Crippen MR) is 131 cm³/mol. The molecular formula is C28H29F3O5. The molecule has 5 nitrogen and oxygen atoms in total. The Hall–Kier alpha value is -3.68. The van der Waals surface area contributed by atoms with Gasteiger partial charge in [-0.2, -0.15) is 13.2 Å². The van der Waals surface area contributed by atoms with Gasteiger partial charge in [-0.05, 0) is 67.8 Å². The van der Waals surface area contributed by atoms with E-state index in [1.807, 2.05) is 26.0 Å². The van der Waals surface area contributed by atoms with Crippen LogP contribution in [0.1, 0.15) is 36.5 Å². The third-order valence-electron chi connectivity index (χ3n) is 5.75. The van der Waals surface area contributed by atoms with Gasteiger partial charge >= 0.3 is 12.1 Å². The minimum Gasteiger partial charge on any atom is -0.496 e. The molecule has 0 saturated carbocycles. The number of benzene rings is 3. The Morgan fingerprint density at radius 3 is 2.42 bits per heavy atom. The van der Waals surface area contributed by atoms with Crippen molar-refractivity contribution in [1.82, 2.24) is 0 Å². The molecule has 0 aliphatic rings. The Kier molecular flexibility index (Phi) is 8.85. The van der Waals surface area contributed by atoms with E-state index in [-0.39, 0.29) is 12.5 Å². The summed E-state index contributed by atoms with van der Waals surface area (Å²) >= 11 is 0. The average Bonchev–Trinajstić information content (AvgIpc) is 2.83. The number of carbonyl (C=O) groups is 1. The highest BCUT2D eigenvalue weighted by Crippen LogP contribution is 2.41. The maximum Gasteiger partial charge on any atom is 0.416 e. The maximum absolute atomic E-state index is 13.4. The molecule has 3 rings (SSSR count). The van der Waals surface area contributed by atoms with Crippen LogP contribution >= 0.6 is 0 Å². The first-order valence-corrected chi connectivity index (χ1v) is 11.5. The molecular weight excluding hydrogens is 473 g/mol. The van der Waals surface area contributed by atoms with Crippen molar-refractivity contribution in [2.75, 3.05) is 13.7 Å². The van der Waals surface area contributed by atoms with Crippen molar-refractivity contribution in [3.8, 4) is 28.4 Å². The lowest BCUT2D eigenvalue weighted by atomic mass is 10.0. The first-order valence-electron chi connectivity index (χ1n) is 11.5. The zero-order valence-electron chi connectivity index (χ0n) is 20.4. The summed E-state index contributed by atoms with van der Waals surface area (Å²) in [4.78, 5) is 10.8. The summed E-state index contributed by atoms with van der Waals surface area (Å²) in [5.74, 6) is 0.576. The van der Waals surface area contributed by atoms with E-state index in [1.165, 1.54) is 13.2 Å². The van der Waals surface area contributed by atoms with Crippen molar-refractivity contribution in [2.45, 2.75) is 45.4 Å². The van der Waals surface area contributed by atoms with E-state index in [0.29, 0.717) is 47.8 Å². The van der Waals surface area contributed by atoms with Gasteiger partial charge in [0.15, 0.2) is 0 Å². The van der Waals surface area contributed by atoms with E-state index in [9.17, 15) is 18.0 Å². The monoisotopic (exact) mass is 502 g/mol. The van der Waals surface area contributed by atoms with Gasteiger partial charge in [-0.15, -0.1) is 0 Å². The zero-order valence-corrected chi connectivity index (χ0v) is 20.4. The summed E-state index contributed by atoms with van der Waals surface area (Å²) in [5, 5.41) is 8.86. The molecule has 0 amide bonds. The standard InChI is InChI=1S/C28H29F3O5/c1-18-16-22(11-8-20(18)9-13-27(32)33)35-15-14-19(2)36-26-12-10-21(28(29,30)31)17-24(26)23-6-4-5-7-25(23)34-3/h4-8,10-12,16-17,19H,9,13-15H2,1-3H3,(H,32,33)/t19-/m0/s1. The van der Waals surface area contributed by atoms with Gasteiger partial charge < -0.3 is 19.3 Å². The topological polar surface area (TPSA) is 65.0 Å². The number of hydrogen-bond donors (Lipinski definition) is 1. The molecule has 0 spiro atoms. The molecule has 0 fully saturated rings. The van der Waals surface area contributed by atoms with Gasteiger partial charge in [0.05, 0.1) is 25.4 Å². The predicted octanol–water partition coefficient (Wildman–Crippen LogP) is 6.94. The molecule has 0 unspecified atom stereocenters. The highest BCUT2D eigenvalue weighted by molar-refractivity contribution is 5.76.